The van der Waals surface area contributed by atoms with Crippen LogP contribution >= 0.6 is 0 Å². The molecule has 0 amide bonds. The van der Waals surface area contributed by atoms with Gasteiger partial charge in [-0.1, -0.05) is 6.61 Å². The second-order valence-corrected chi connectivity index (χ2v) is 0.224. The number of aliphatic hydroxyl groups is 1. The smallest absolute Gasteiger partial charge is 0.428 e. The molecule has 0 aliphatic heterocycles. The predicted molar refractivity (Wildman–Crippen MR) is 12.4 cm³/mol. The van der Waals surface area contributed by atoms with Gasteiger partial charge in [-0.05, 0) is 0 Å². The summed E-state index contributed by atoms with van der Waals surface area (Å²) in [6.45, 7) is 3.04. The van der Waals surface area contributed by atoms with Gasteiger partial charge in [-0.25, -0.2) is 0 Å². The van der Waals surface area contributed by atoms with Gasteiger partial charge < -0.3 is 12.0 Å². The summed E-state index contributed by atoms with van der Waals surface area (Å²) in [5, 5.41) is 7.46. The van der Waals surface area contributed by atoms with Gasteiger partial charge in [0.2, 0.25) is 0 Å². The van der Waals surface area contributed by atoms with Crippen LogP contribution in [0.15, 0.2) is 0 Å². The number of hydrogen-bond donors (Lipinski definition) is 1. The third-order valence-corrected chi connectivity index (χ3v) is 0. The molecule has 1 nitrogen and oxygen atoms in total. The molecule has 0 aromatic carbocycles. The molecule has 20 valence electrons. The summed E-state index contributed by atoms with van der Waals surface area (Å²) < 4.78 is 0. The zero-order valence-corrected chi connectivity index (χ0v) is 10.1. The van der Waals surface area contributed by atoms with Gasteiger partial charge in [0.1, 0.15) is 0 Å². The second kappa shape index (κ2) is 15.7. The largest absolute Gasteiger partial charge is 1.00 e. The Hall–Kier alpha value is 3.23. The van der Waals surface area contributed by atoms with Crippen LogP contribution in [-0.4, -0.2) is 11.7 Å². The van der Waals surface area contributed by atoms with E-state index in [1.165, 1.54) is 0 Å². The molecule has 0 unspecified atom stereocenters. The summed E-state index contributed by atoms with van der Waals surface area (Å²) in [6, 6.07) is 0. The minimum absolute atomic E-state index is 0. The Balaban J connectivity index is -0.0000000200. The standard InChI is InChI=1S/C2H5O.2K/c1-2-3;;/h3H,1-2H2;;/q-1;2*+1. The molecular formula is C2H5K2O+. The van der Waals surface area contributed by atoms with Crippen molar-refractivity contribution in [3.63, 3.8) is 0 Å². The minimum atomic E-state index is 0. The first kappa shape index (κ1) is 15.7. The molecule has 0 spiro atoms. The van der Waals surface area contributed by atoms with Gasteiger partial charge in [-0.2, -0.15) is 0 Å². The number of aliphatic hydroxyl groups excluding tert-OH is 1. The average molecular weight is 123 g/mol. The van der Waals surface area contributed by atoms with Gasteiger partial charge in [0.15, 0.2) is 0 Å². The van der Waals surface area contributed by atoms with Crippen LogP contribution in [0.1, 0.15) is 0 Å². The maximum Gasteiger partial charge on any atom is 1.00 e. The minimum Gasteiger partial charge on any atom is -0.428 e. The van der Waals surface area contributed by atoms with Crippen molar-refractivity contribution in [3.8, 4) is 0 Å². The van der Waals surface area contributed by atoms with E-state index in [2.05, 4.69) is 6.92 Å². The van der Waals surface area contributed by atoms with Crippen LogP contribution in [0.2, 0.25) is 0 Å². The molecule has 0 aliphatic rings. The summed E-state index contributed by atoms with van der Waals surface area (Å²) in [4.78, 5) is 0. The maximum atomic E-state index is 7.46. The van der Waals surface area contributed by atoms with E-state index in [9.17, 15) is 0 Å². The van der Waals surface area contributed by atoms with Crippen LogP contribution in [0.4, 0.5) is 0 Å². The molecule has 0 radical (unpaired) electrons. The van der Waals surface area contributed by atoms with Crippen molar-refractivity contribution in [2.75, 3.05) is 6.61 Å². The fourth-order valence-electron chi connectivity index (χ4n) is 0. The van der Waals surface area contributed by atoms with Crippen LogP contribution in [0, 0.1) is 6.92 Å². The van der Waals surface area contributed by atoms with Gasteiger partial charge in [0, 0.05) is 0 Å². The molecule has 0 saturated heterocycles. The summed E-state index contributed by atoms with van der Waals surface area (Å²) in [5.41, 5.74) is 0. The number of hydrogen-bond acceptors (Lipinski definition) is 1. The molecule has 0 aromatic heterocycles. The molecule has 0 heterocycles. The van der Waals surface area contributed by atoms with E-state index < -0.39 is 0 Å². The number of rotatable bonds is 0. The summed E-state index contributed by atoms with van der Waals surface area (Å²) in [5.74, 6) is 0. The van der Waals surface area contributed by atoms with Crippen LogP contribution in [-0.2, 0) is 0 Å². The van der Waals surface area contributed by atoms with Crippen molar-refractivity contribution in [3.05, 3.63) is 6.92 Å². The molecule has 1 N–H and O–H groups in total. The fraction of sp³-hybridized carbons (Fsp3) is 0.500. The van der Waals surface area contributed by atoms with Crippen LogP contribution < -0.4 is 103 Å². The third kappa shape index (κ3) is 19.0. The quantitative estimate of drug-likeness (QED) is 0.251. The Morgan fingerprint density at radius 1 is 1.40 bits per heavy atom. The van der Waals surface area contributed by atoms with Gasteiger partial charge in [-0.15, -0.1) is 0 Å². The monoisotopic (exact) mass is 123 g/mol. The molecule has 0 fully saturated rings. The second-order valence-electron chi connectivity index (χ2n) is 0.224. The van der Waals surface area contributed by atoms with E-state index in [0.29, 0.717) is 0 Å². The summed E-state index contributed by atoms with van der Waals surface area (Å²) in [6.07, 6.45) is 0. The van der Waals surface area contributed by atoms with Crippen LogP contribution in [0.5, 0.6) is 0 Å². The van der Waals surface area contributed by atoms with Crippen LogP contribution in [0.25, 0.3) is 0 Å². The normalized spacial score (nSPS) is 3.60. The van der Waals surface area contributed by atoms with E-state index >= 15 is 0 Å². The van der Waals surface area contributed by atoms with Crippen molar-refractivity contribution >= 4 is 0 Å². The Morgan fingerprint density at radius 3 is 1.40 bits per heavy atom. The predicted octanol–water partition coefficient (Wildman–Crippen LogP) is -6.18. The molecule has 0 saturated carbocycles. The molecule has 0 atom stereocenters. The van der Waals surface area contributed by atoms with Gasteiger partial charge in [0.05, 0.1) is 0 Å². The van der Waals surface area contributed by atoms with E-state index in [1.807, 2.05) is 0 Å². The van der Waals surface area contributed by atoms with Gasteiger partial charge in [-0.3, -0.25) is 0 Å². The van der Waals surface area contributed by atoms with Gasteiger partial charge in [0.25, 0.3) is 0 Å². The van der Waals surface area contributed by atoms with Crippen molar-refractivity contribution in [2.24, 2.45) is 0 Å². The van der Waals surface area contributed by atoms with E-state index in [4.69, 9.17) is 5.11 Å². The summed E-state index contributed by atoms with van der Waals surface area (Å²) in [7, 11) is 0. The Morgan fingerprint density at radius 2 is 1.40 bits per heavy atom. The zero-order valence-electron chi connectivity index (χ0n) is 3.86. The Kier molecular flexibility index (Phi) is 49.3. The van der Waals surface area contributed by atoms with E-state index in [0.717, 1.165) is 0 Å². The van der Waals surface area contributed by atoms with E-state index in [-0.39, 0.29) is 109 Å². The van der Waals surface area contributed by atoms with Gasteiger partial charge >= 0.3 is 103 Å². The van der Waals surface area contributed by atoms with Crippen molar-refractivity contribution in [2.45, 2.75) is 0 Å². The molecule has 0 aromatic rings. The molecule has 5 heavy (non-hydrogen) atoms. The first-order valence-corrected chi connectivity index (χ1v) is 0.816. The van der Waals surface area contributed by atoms with Crippen molar-refractivity contribution in [1.29, 1.82) is 0 Å². The Labute approximate surface area is 118 Å². The van der Waals surface area contributed by atoms with Crippen molar-refractivity contribution < 1.29 is 108 Å². The van der Waals surface area contributed by atoms with Crippen LogP contribution in [0.3, 0.4) is 0 Å². The van der Waals surface area contributed by atoms with Crippen molar-refractivity contribution in [1.82, 2.24) is 0 Å². The average Bonchev–Trinajstić information content (AvgIpc) is 0.918. The first-order valence-electron chi connectivity index (χ1n) is 0.816. The summed E-state index contributed by atoms with van der Waals surface area (Å²) >= 11 is 0. The molecule has 3 heteroatoms. The first-order chi connectivity index (χ1) is 1.41. The maximum absolute atomic E-state index is 7.46. The third-order valence-electron chi connectivity index (χ3n) is 0. The Bertz CT molecular complexity index is 7.61. The molecule has 0 aliphatic carbocycles. The fourth-order valence-corrected chi connectivity index (χ4v) is 0. The molecule has 0 rings (SSSR count). The van der Waals surface area contributed by atoms with E-state index in [1.54, 1.807) is 0 Å². The molecular weight excluding hydrogens is 118 g/mol. The molecule has 0 bridgehead atoms. The zero-order chi connectivity index (χ0) is 2.71. The SMILES string of the molecule is [CH2-]CO.[K+].[K+]. The topological polar surface area (TPSA) is 20.2 Å².